The molecule has 0 aliphatic carbocycles. The number of anilines is 1. The molecule has 2 aliphatic rings. The van der Waals surface area contributed by atoms with Gasteiger partial charge in [-0.2, -0.15) is 0 Å². The molecule has 154 valence electrons. The lowest BCUT2D eigenvalue weighted by molar-refractivity contribution is -0.162. The lowest BCUT2D eigenvalue weighted by Crippen LogP contribution is -2.42. The van der Waals surface area contributed by atoms with Gasteiger partial charge in [0.15, 0.2) is 6.29 Å². The predicted molar refractivity (Wildman–Crippen MR) is 103 cm³/mol. The van der Waals surface area contributed by atoms with Crippen molar-refractivity contribution in [2.45, 2.75) is 51.9 Å². The van der Waals surface area contributed by atoms with Crippen LogP contribution in [0.1, 0.15) is 39.2 Å². The fraction of sp³-hybridized carbons (Fsp3) is 0.619. The van der Waals surface area contributed by atoms with Gasteiger partial charge in [-0.05, 0) is 45.2 Å². The van der Waals surface area contributed by atoms with E-state index in [2.05, 4.69) is 0 Å². The minimum atomic E-state index is -0.831. The number of amides is 1. The minimum absolute atomic E-state index is 0.251. The van der Waals surface area contributed by atoms with E-state index in [1.165, 1.54) is 0 Å². The third-order valence-electron chi connectivity index (χ3n) is 4.82. The zero-order valence-electron chi connectivity index (χ0n) is 17.0. The van der Waals surface area contributed by atoms with Gasteiger partial charge in [0, 0.05) is 19.0 Å². The molecule has 0 radical (unpaired) electrons. The van der Waals surface area contributed by atoms with Crippen molar-refractivity contribution in [1.82, 2.24) is 0 Å². The first-order chi connectivity index (χ1) is 13.3. The Labute approximate surface area is 165 Å². The number of ether oxygens (including phenoxy) is 4. The van der Waals surface area contributed by atoms with Crippen LogP contribution >= 0.6 is 0 Å². The summed E-state index contributed by atoms with van der Waals surface area (Å²) in [5.41, 5.74) is 1.14. The van der Waals surface area contributed by atoms with Crippen molar-refractivity contribution in [3.63, 3.8) is 0 Å². The molecule has 1 amide bonds. The van der Waals surface area contributed by atoms with E-state index in [9.17, 15) is 9.59 Å². The van der Waals surface area contributed by atoms with Crippen molar-refractivity contribution < 1.29 is 28.5 Å². The van der Waals surface area contributed by atoms with Crippen LogP contribution in [0.5, 0.6) is 5.75 Å². The molecule has 0 spiro atoms. The maximum Gasteiger partial charge on any atom is 0.319 e. The number of carbonyl (C=O) groups is 2. The smallest absolute Gasteiger partial charge is 0.319 e. The zero-order chi connectivity index (χ0) is 20.3. The summed E-state index contributed by atoms with van der Waals surface area (Å²) in [7, 11) is 1.59. The molecule has 0 N–H and O–H groups in total. The van der Waals surface area contributed by atoms with Gasteiger partial charge in [0.1, 0.15) is 17.3 Å². The summed E-state index contributed by atoms with van der Waals surface area (Å²) < 4.78 is 21.9. The quantitative estimate of drug-likeness (QED) is 0.568. The standard InChI is InChI=1S/C21H29NO6/c1-21(2,3)28-20(24)16-8-6-14-5-7-15(25-4)13-17(14)22(19(16)23)10-9-18-26-11-12-27-18/h5,7,13,16,18H,6,8-12H2,1-4H3. The lowest BCUT2D eigenvalue weighted by atomic mass is 10.00. The van der Waals surface area contributed by atoms with Crippen molar-refractivity contribution in [3.8, 4) is 5.75 Å². The van der Waals surface area contributed by atoms with E-state index in [0.29, 0.717) is 44.8 Å². The summed E-state index contributed by atoms with van der Waals surface area (Å²) in [5, 5.41) is 0. The van der Waals surface area contributed by atoms with Crippen molar-refractivity contribution >= 4 is 17.6 Å². The van der Waals surface area contributed by atoms with Crippen LogP contribution in [0.25, 0.3) is 0 Å². The first-order valence-electron chi connectivity index (χ1n) is 9.73. The summed E-state index contributed by atoms with van der Waals surface area (Å²) in [6.07, 6.45) is 1.23. The number of nitrogens with zero attached hydrogens (tertiary/aromatic N) is 1. The van der Waals surface area contributed by atoms with Gasteiger partial charge in [0.05, 0.1) is 26.0 Å². The Morgan fingerprint density at radius 3 is 2.61 bits per heavy atom. The van der Waals surface area contributed by atoms with E-state index in [0.717, 1.165) is 11.3 Å². The van der Waals surface area contributed by atoms with E-state index in [1.54, 1.807) is 32.8 Å². The molecule has 1 fully saturated rings. The Kier molecular flexibility index (Phi) is 6.25. The molecule has 7 nitrogen and oxygen atoms in total. The summed E-state index contributed by atoms with van der Waals surface area (Å²) in [6, 6.07) is 5.67. The summed E-state index contributed by atoms with van der Waals surface area (Å²) in [5.74, 6) is -0.890. The Hall–Kier alpha value is -2.12. The third-order valence-corrected chi connectivity index (χ3v) is 4.82. The molecular weight excluding hydrogens is 362 g/mol. The summed E-state index contributed by atoms with van der Waals surface area (Å²) in [4.78, 5) is 27.7. The SMILES string of the molecule is COc1ccc2c(c1)N(CCC1OCCO1)C(=O)C(C(=O)OC(C)(C)C)CC2. The van der Waals surface area contributed by atoms with Gasteiger partial charge in [-0.15, -0.1) is 0 Å². The molecule has 0 bridgehead atoms. The number of aryl methyl sites for hydroxylation is 1. The number of benzene rings is 1. The van der Waals surface area contributed by atoms with Crippen LogP contribution in [0, 0.1) is 5.92 Å². The van der Waals surface area contributed by atoms with Crippen LogP contribution < -0.4 is 9.64 Å². The van der Waals surface area contributed by atoms with E-state index in [1.807, 2.05) is 18.2 Å². The molecule has 2 aliphatic heterocycles. The van der Waals surface area contributed by atoms with Crippen molar-refractivity contribution in [2.24, 2.45) is 5.92 Å². The summed E-state index contributed by atoms with van der Waals surface area (Å²) >= 11 is 0. The van der Waals surface area contributed by atoms with E-state index < -0.39 is 17.5 Å². The Bertz CT molecular complexity index is 720. The second-order valence-corrected chi connectivity index (χ2v) is 8.07. The lowest BCUT2D eigenvalue weighted by Gasteiger charge is -2.28. The number of hydrogen-bond donors (Lipinski definition) is 0. The average molecular weight is 391 g/mol. The van der Waals surface area contributed by atoms with Gasteiger partial charge in [-0.25, -0.2) is 0 Å². The van der Waals surface area contributed by atoms with Crippen LogP contribution in [0.15, 0.2) is 18.2 Å². The topological polar surface area (TPSA) is 74.3 Å². The number of hydrogen-bond acceptors (Lipinski definition) is 6. The first kappa shape index (κ1) is 20.6. The predicted octanol–water partition coefficient (Wildman–Crippen LogP) is 2.70. The van der Waals surface area contributed by atoms with Crippen LogP contribution in [-0.2, 0) is 30.2 Å². The van der Waals surface area contributed by atoms with Crippen LogP contribution in [0.4, 0.5) is 5.69 Å². The molecule has 1 atom stereocenters. The van der Waals surface area contributed by atoms with E-state index in [4.69, 9.17) is 18.9 Å². The zero-order valence-corrected chi connectivity index (χ0v) is 17.0. The van der Waals surface area contributed by atoms with E-state index in [-0.39, 0.29) is 12.2 Å². The number of rotatable bonds is 5. The highest BCUT2D eigenvalue weighted by Gasteiger charge is 2.38. The average Bonchev–Trinajstić information content (AvgIpc) is 3.10. The maximum atomic E-state index is 13.3. The molecule has 1 unspecified atom stereocenters. The van der Waals surface area contributed by atoms with Crippen molar-refractivity contribution in [2.75, 3.05) is 31.8 Å². The normalized spacial score (nSPS) is 20.6. The number of fused-ring (bicyclic) bond motifs is 1. The highest BCUT2D eigenvalue weighted by molar-refractivity contribution is 6.07. The molecule has 2 heterocycles. The number of carbonyl (C=O) groups excluding carboxylic acids is 2. The Morgan fingerprint density at radius 2 is 1.96 bits per heavy atom. The minimum Gasteiger partial charge on any atom is -0.497 e. The van der Waals surface area contributed by atoms with Crippen molar-refractivity contribution in [1.29, 1.82) is 0 Å². The fourth-order valence-electron chi connectivity index (χ4n) is 3.49. The van der Waals surface area contributed by atoms with Crippen LogP contribution in [-0.4, -0.2) is 50.6 Å². The largest absolute Gasteiger partial charge is 0.497 e. The second kappa shape index (κ2) is 8.49. The molecule has 7 heteroatoms. The van der Waals surface area contributed by atoms with Crippen LogP contribution in [0.3, 0.4) is 0 Å². The van der Waals surface area contributed by atoms with Gasteiger partial charge in [-0.1, -0.05) is 6.07 Å². The molecule has 3 rings (SSSR count). The third kappa shape index (κ3) is 4.83. The second-order valence-electron chi connectivity index (χ2n) is 8.07. The summed E-state index contributed by atoms with van der Waals surface area (Å²) in [6.45, 7) is 6.92. The molecule has 28 heavy (non-hydrogen) atoms. The molecular formula is C21H29NO6. The fourth-order valence-corrected chi connectivity index (χ4v) is 3.49. The van der Waals surface area contributed by atoms with E-state index >= 15 is 0 Å². The van der Waals surface area contributed by atoms with Gasteiger partial charge in [0.2, 0.25) is 5.91 Å². The first-order valence-corrected chi connectivity index (χ1v) is 9.73. The molecule has 0 aromatic heterocycles. The molecule has 1 aromatic rings. The van der Waals surface area contributed by atoms with Crippen LogP contribution in [0.2, 0.25) is 0 Å². The highest BCUT2D eigenvalue weighted by atomic mass is 16.7. The highest BCUT2D eigenvalue weighted by Crippen LogP contribution is 2.34. The number of esters is 1. The van der Waals surface area contributed by atoms with Crippen molar-refractivity contribution in [3.05, 3.63) is 23.8 Å². The number of methoxy groups -OCH3 is 1. The molecule has 1 saturated heterocycles. The Morgan fingerprint density at radius 1 is 1.25 bits per heavy atom. The molecule has 0 saturated carbocycles. The Balaban J connectivity index is 1.87. The van der Waals surface area contributed by atoms with Gasteiger partial charge in [-0.3, -0.25) is 9.59 Å². The maximum absolute atomic E-state index is 13.3. The monoisotopic (exact) mass is 391 g/mol. The van der Waals surface area contributed by atoms with Gasteiger partial charge < -0.3 is 23.8 Å². The van der Waals surface area contributed by atoms with Gasteiger partial charge in [0.25, 0.3) is 0 Å². The van der Waals surface area contributed by atoms with Gasteiger partial charge >= 0.3 is 5.97 Å². The molecule has 1 aromatic carbocycles.